The van der Waals surface area contributed by atoms with Crippen LogP contribution in [0.1, 0.15) is 118 Å². The van der Waals surface area contributed by atoms with Gasteiger partial charge in [0.25, 0.3) is 23.6 Å². The van der Waals surface area contributed by atoms with Crippen LogP contribution in [0, 0.1) is 0 Å². The van der Waals surface area contributed by atoms with Crippen molar-refractivity contribution in [2.24, 2.45) is 0 Å². The first kappa shape index (κ1) is 90.0. The van der Waals surface area contributed by atoms with Gasteiger partial charge in [-0.2, -0.15) is 0 Å². The molecule has 2 heterocycles. The molecular weight excluding hydrogens is 1570 g/mol. The Morgan fingerprint density at radius 3 is 0.755 bits per heavy atom. The number of benzene rings is 7. The van der Waals surface area contributed by atoms with Gasteiger partial charge in [-0.3, -0.25) is 19.2 Å². The highest BCUT2D eigenvalue weighted by molar-refractivity contribution is 6.96. The Kier molecular flexibility index (Phi) is 28.1. The van der Waals surface area contributed by atoms with Crippen molar-refractivity contribution in [2.45, 2.75) is 302 Å². The zero-order chi connectivity index (χ0) is 81.6. The number of nitrogens with zero attached hydrogens (tertiary/aromatic N) is 2. The Bertz CT molecular complexity index is 3930. The van der Waals surface area contributed by atoms with E-state index in [9.17, 15) is 0 Å². The zero-order valence-electron chi connectivity index (χ0n) is 72.6. The Balaban J connectivity index is 0.903. The average Bonchev–Trinajstić information content (AvgIpc) is 0.688. The number of rotatable bonds is 42. The molecule has 7 aromatic rings. The fourth-order valence-electron chi connectivity index (χ4n) is 18.2. The molecule has 9 rings (SSSR count). The number of unbranched alkanes of at least 4 members (excludes halogenated alkanes) is 4. The number of imide groups is 2. The first-order valence-electron chi connectivity index (χ1n) is 40.9. The molecule has 0 saturated carbocycles. The van der Waals surface area contributed by atoms with Crippen LogP contribution in [0.5, 0.6) is 11.5 Å². The molecule has 0 N–H and O–H groups in total. The molecule has 0 radical (unpaired) electrons. The maximum absolute atomic E-state index is 15.0. The molecule has 27 heteroatoms. The van der Waals surface area contributed by atoms with E-state index in [0.717, 1.165) is 134 Å². The number of carbonyl (C=O) groups is 4. The van der Waals surface area contributed by atoms with Crippen molar-refractivity contribution in [2.75, 3.05) is 9.80 Å². The highest BCUT2D eigenvalue weighted by Crippen LogP contribution is 2.48. The van der Waals surface area contributed by atoms with Gasteiger partial charge in [-0.05, 0) is 350 Å². The molecule has 15 nitrogen and oxygen atoms in total. The number of fused-ring (bicyclic) bond motifs is 2. The highest BCUT2D eigenvalue weighted by atomic mass is 28.5. The lowest BCUT2D eigenvalue weighted by atomic mass is 9.82. The van der Waals surface area contributed by atoms with Crippen molar-refractivity contribution < 1.29 is 57.5 Å². The van der Waals surface area contributed by atoms with E-state index >= 15 is 19.2 Å². The molecule has 4 amide bonds. The van der Waals surface area contributed by atoms with Crippen LogP contribution in [0.2, 0.25) is 213 Å². The van der Waals surface area contributed by atoms with E-state index in [0.29, 0.717) is 55.9 Å². The fraction of sp³-hybridized carbons (Fsp3) is 0.566. The third kappa shape index (κ3) is 24.6. The molecule has 1 atom stereocenters. The van der Waals surface area contributed by atoms with E-state index in [2.05, 4.69) is 183 Å². The second-order valence-corrected chi connectivity index (χ2v) is 93.2. The topological polar surface area (TPSA) is 158 Å². The maximum atomic E-state index is 15.0. The molecule has 1 unspecified atom stereocenters. The van der Waals surface area contributed by atoms with E-state index in [4.69, 9.17) is 38.3 Å². The lowest BCUT2D eigenvalue weighted by molar-refractivity contribution is 0.0877. The van der Waals surface area contributed by atoms with Gasteiger partial charge in [0, 0.05) is 41.1 Å². The van der Waals surface area contributed by atoms with Crippen LogP contribution in [-0.4, -0.2) is 136 Å². The van der Waals surface area contributed by atoms with Gasteiger partial charge in [-0.15, -0.1) is 0 Å². The van der Waals surface area contributed by atoms with Crippen LogP contribution >= 0.6 is 0 Å². The minimum Gasteiger partial charge on any atom is -0.490 e. The minimum absolute atomic E-state index is 0.0123. The number of anilines is 2. The van der Waals surface area contributed by atoms with Crippen molar-refractivity contribution in [3.05, 3.63) is 119 Å². The van der Waals surface area contributed by atoms with E-state index in [1.165, 1.54) is 15.5 Å². The monoisotopic (exact) mass is 1700 g/mol. The summed E-state index contributed by atoms with van der Waals surface area (Å²) in [6, 6.07) is 34.3. The molecule has 0 spiro atoms. The summed E-state index contributed by atoms with van der Waals surface area (Å²) < 4.78 is 61.4. The molecule has 0 bridgehead atoms. The van der Waals surface area contributed by atoms with Gasteiger partial charge in [-0.25, -0.2) is 9.80 Å². The standard InChI is InChI=1S/C83H136N2O13Si12/c1-99(2,3)61-107(21,22)95-103(13,14)57-33-29-37-64(38-30-34-58-104(15,16)96-108(23,24)92-100(4,5)6)90-66-45-41-62(42-46-66)84-80(86)72-53-49-68-70-51-55-74-79-75(56-52-71(77(70)79)69-50-54-73(81(84)87)78(72)76(68)69)83(89)85(82(74)88)63-43-47-67(48-44-63)91-65(39-31-35-59-105(17,18)97-109(25,26)93-101(7,8)9)40-32-36-60-106(19,20)98-110(27,28)94-102(10,11)12/h41-56,64-65H,29-40,57-61H2,1-28H3. The molecule has 0 saturated heterocycles. The second kappa shape index (κ2) is 34.3. The number of amides is 4. The number of ether oxygens (including phenoxy) is 2. The Morgan fingerprint density at radius 2 is 0.518 bits per heavy atom. The molecule has 604 valence electrons. The Morgan fingerprint density at radius 1 is 0.273 bits per heavy atom. The smallest absolute Gasteiger partial charge is 0.311 e. The van der Waals surface area contributed by atoms with Crippen molar-refractivity contribution >= 4 is 178 Å². The van der Waals surface area contributed by atoms with E-state index < -0.39 is 124 Å². The summed E-state index contributed by atoms with van der Waals surface area (Å²) in [5.41, 5.74) is 3.92. The van der Waals surface area contributed by atoms with Crippen molar-refractivity contribution in [3.63, 3.8) is 0 Å². The number of carbonyl (C=O) groups excluding carboxylic acids is 4. The van der Waals surface area contributed by atoms with Crippen LogP contribution in [-0.2, 0) is 28.8 Å². The minimum atomic E-state index is -2.27. The summed E-state index contributed by atoms with van der Waals surface area (Å²) in [6.45, 7) is 64.3. The van der Waals surface area contributed by atoms with Crippen LogP contribution < -0.4 is 19.3 Å². The molecule has 2 aliphatic heterocycles. The predicted molar refractivity (Wildman–Crippen MR) is 492 cm³/mol. The lowest BCUT2D eigenvalue weighted by Gasteiger charge is -2.37. The Labute approximate surface area is 673 Å². The largest absolute Gasteiger partial charge is 0.490 e. The highest BCUT2D eigenvalue weighted by Gasteiger charge is 2.44. The third-order valence-corrected chi connectivity index (χ3v) is 64.5. The van der Waals surface area contributed by atoms with E-state index in [-0.39, 0.29) is 12.2 Å². The predicted octanol–water partition coefficient (Wildman–Crippen LogP) is 25.1. The number of hydrogen-bond donors (Lipinski definition) is 0. The summed E-state index contributed by atoms with van der Waals surface area (Å²) in [7, 11) is -22.9. The summed E-state index contributed by atoms with van der Waals surface area (Å²) in [6.07, 6.45) is 11.9. The second-order valence-electron chi connectivity index (χ2n) is 40.3. The average molecular weight is 1710 g/mol. The molecule has 110 heavy (non-hydrogen) atoms. The van der Waals surface area contributed by atoms with Crippen molar-refractivity contribution in [1.29, 1.82) is 0 Å². The Hall–Kier alpha value is -3.96. The zero-order valence-corrected chi connectivity index (χ0v) is 84.6. The third-order valence-electron chi connectivity index (χ3n) is 20.4. The van der Waals surface area contributed by atoms with Crippen LogP contribution in [0.15, 0.2) is 97.1 Å². The summed E-state index contributed by atoms with van der Waals surface area (Å²) in [5, 5.41) is 6.12. The molecule has 7 aromatic carbocycles. The summed E-state index contributed by atoms with van der Waals surface area (Å²) in [5.74, 6) is -0.222. The van der Waals surface area contributed by atoms with Crippen LogP contribution in [0.25, 0.3) is 43.1 Å². The van der Waals surface area contributed by atoms with Crippen molar-refractivity contribution in [3.8, 4) is 11.5 Å². The van der Waals surface area contributed by atoms with Gasteiger partial charge in [0.15, 0.2) is 66.5 Å². The summed E-state index contributed by atoms with van der Waals surface area (Å²) in [4.78, 5) is 62.6. The van der Waals surface area contributed by atoms with Gasteiger partial charge < -0.3 is 38.3 Å². The molecule has 0 fully saturated rings. The van der Waals surface area contributed by atoms with Gasteiger partial charge in [-0.1, -0.05) is 69.6 Å². The molecule has 2 aliphatic rings. The van der Waals surface area contributed by atoms with Crippen LogP contribution in [0.3, 0.4) is 0 Å². The normalized spacial score (nSPS) is 15.3. The molecular formula is C83H136N2O13Si12. The first-order chi connectivity index (χ1) is 50.5. The van der Waals surface area contributed by atoms with Gasteiger partial charge in [0.2, 0.25) is 0 Å². The molecule has 0 aliphatic carbocycles. The first-order valence-corrected chi connectivity index (χ1v) is 78.9. The van der Waals surface area contributed by atoms with Gasteiger partial charge in [0.05, 0.1) is 23.6 Å². The lowest BCUT2D eigenvalue weighted by Crippen LogP contribution is -2.51. The quantitative estimate of drug-likeness (QED) is 0.0117. The fourth-order valence-corrected chi connectivity index (χ4v) is 76.7. The van der Waals surface area contributed by atoms with E-state index in [1.54, 1.807) is 0 Å². The van der Waals surface area contributed by atoms with Crippen LogP contribution in [0.4, 0.5) is 11.4 Å². The van der Waals surface area contributed by atoms with Gasteiger partial charge in [0.1, 0.15) is 11.5 Å². The van der Waals surface area contributed by atoms with Crippen molar-refractivity contribution in [1.82, 2.24) is 0 Å². The van der Waals surface area contributed by atoms with Gasteiger partial charge >= 0.3 is 25.7 Å². The summed E-state index contributed by atoms with van der Waals surface area (Å²) >= 11 is 0. The number of hydrogen-bond acceptors (Lipinski definition) is 13. The molecule has 0 aromatic heterocycles. The SMILES string of the molecule is C[Si](C)(C)C[Si](C)(C)O[Si](C)(C)CCCCC(CCCC[Si](C)(C)O[Si](C)(C)O[Si](C)(C)C)Oc1ccc(N2C(=O)c3ccc4c5ccc6c7c(ccc(c8ccc(c3c48)C2=O)c75)C(=O)N(c2ccc(OC(CCCC[Si](C)(C)O[Si](C)(C)O[Si](C)(C)C)CCCC[Si](C)(C)O[Si](C)(C)O[Si](C)(C)C)cc2)C6=O)cc1. The van der Waals surface area contributed by atoms with E-state index in [1.807, 2.05) is 97.1 Å². The maximum Gasteiger partial charge on any atom is 0.311 e.